The third-order valence-corrected chi connectivity index (χ3v) is 4.52. The Balaban J connectivity index is 1.52. The highest BCUT2D eigenvalue weighted by atomic mass is 19.1. The normalized spacial score (nSPS) is 11.5. The molecule has 0 aliphatic heterocycles. The number of aryl methyl sites for hydroxylation is 1. The summed E-state index contributed by atoms with van der Waals surface area (Å²) in [4.78, 5) is 29.6. The number of hydrogen-bond acceptors (Lipinski definition) is 6. The molecule has 0 saturated heterocycles. The Morgan fingerprint density at radius 2 is 2.03 bits per heavy atom. The van der Waals surface area contributed by atoms with Crippen LogP contribution in [0.1, 0.15) is 12.7 Å². The van der Waals surface area contributed by atoms with Gasteiger partial charge in [0.25, 0.3) is 11.5 Å². The van der Waals surface area contributed by atoms with E-state index in [4.69, 9.17) is 4.84 Å². The van der Waals surface area contributed by atoms with Crippen LogP contribution in [0, 0.1) is 11.6 Å². The number of nitrogens with one attached hydrogen (secondary N) is 1. The SMILES string of the molecule is CCn1c(=O)c2ccccc2n2c(CO/N=C/C(=O)Nc3ccc(F)cc3F)nnc12. The lowest BCUT2D eigenvalue weighted by molar-refractivity contribution is -0.110. The van der Waals surface area contributed by atoms with Crippen LogP contribution in [-0.4, -0.2) is 31.3 Å². The zero-order valence-corrected chi connectivity index (χ0v) is 16.2. The Labute approximate surface area is 173 Å². The number of aromatic nitrogens is 4. The van der Waals surface area contributed by atoms with Gasteiger partial charge in [-0.2, -0.15) is 0 Å². The molecular weight excluding hydrogens is 410 g/mol. The van der Waals surface area contributed by atoms with Gasteiger partial charge in [-0.1, -0.05) is 17.3 Å². The number of para-hydroxylation sites is 1. The molecule has 0 aliphatic rings. The van der Waals surface area contributed by atoms with Crippen molar-refractivity contribution < 1.29 is 18.4 Å². The summed E-state index contributed by atoms with van der Waals surface area (Å²) >= 11 is 0. The molecule has 1 N–H and O–H groups in total. The van der Waals surface area contributed by atoms with Crippen LogP contribution in [0.25, 0.3) is 16.7 Å². The third kappa shape index (κ3) is 3.84. The first-order chi connectivity index (χ1) is 15.0. The highest BCUT2D eigenvalue weighted by Gasteiger charge is 2.15. The van der Waals surface area contributed by atoms with Gasteiger partial charge in [0.1, 0.15) is 17.8 Å². The number of anilines is 1. The molecule has 0 unspecified atom stereocenters. The number of nitrogens with zero attached hydrogens (tertiary/aromatic N) is 5. The fraction of sp³-hybridized carbons (Fsp3) is 0.150. The molecule has 158 valence electrons. The Morgan fingerprint density at radius 3 is 2.81 bits per heavy atom. The summed E-state index contributed by atoms with van der Waals surface area (Å²) in [6.07, 6.45) is 0.812. The first-order valence-corrected chi connectivity index (χ1v) is 9.26. The van der Waals surface area contributed by atoms with Crippen molar-refractivity contribution in [1.29, 1.82) is 0 Å². The maximum absolute atomic E-state index is 13.6. The topological polar surface area (TPSA) is 103 Å². The second-order valence-electron chi connectivity index (χ2n) is 6.44. The van der Waals surface area contributed by atoms with Gasteiger partial charge < -0.3 is 10.2 Å². The predicted molar refractivity (Wildman–Crippen MR) is 109 cm³/mol. The van der Waals surface area contributed by atoms with E-state index in [2.05, 4.69) is 20.7 Å². The van der Waals surface area contributed by atoms with Crippen molar-refractivity contribution in [2.45, 2.75) is 20.1 Å². The van der Waals surface area contributed by atoms with Gasteiger partial charge >= 0.3 is 0 Å². The predicted octanol–water partition coefficient (Wildman–Crippen LogP) is 2.48. The van der Waals surface area contributed by atoms with Crippen molar-refractivity contribution in [1.82, 2.24) is 19.2 Å². The minimum absolute atomic E-state index is 0.137. The molecule has 2 aromatic carbocycles. The monoisotopic (exact) mass is 426 g/mol. The maximum Gasteiger partial charge on any atom is 0.270 e. The molecule has 0 fully saturated rings. The standard InChI is InChI=1S/C20H16F2N6O3/c1-2-27-19(30)13-5-3-4-6-16(13)28-17(25-26-20(27)28)11-31-23-10-18(29)24-15-8-7-12(21)9-14(15)22/h3-10H,2,11H2,1H3,(H,24,29)/b23-10+. The molecule has 2 heterocycles. The number of carbonyl (C=O) groups is 1. The minimum Gasteiger partial charge on any atom is -0.387 e. The van der Waals surface area contributed by atoms with Crippen molar-refractivity contribution in [3.63, 3.8) is 0 Å². The van der Waals surface area contributed by atoms with Crippen LogP contribution in [0.2, 0.25) is 0 Å². The van der Waals surface area contributed by atoms with Gasteiger partial charge in [-0.05, 0) is 31.2 Å². The highest BCUT2D eigenvalue weighted by molar-refractivity contribution is 6.31. The summed E-state index contributed by atoms with van der Waals surface area (Å²) in [6.45, 7) is 2.10. The number of amides is 1. The first-order valence-electron chi connectivity index (χ1n) is 9.26. The summed E-state index contributed by atoms with van der Waals surface area (Å²) < 4.78 is 29.7. The molecule has 11 heteroatoms. The van der Waals surface area contributed by atoms with Gasteiger partial charge in [-0.15, -0.1) is 10.2 Å². The fourth-order valence-electron chi connectivity index (χ4n) is 3.13. The second-order valence-corrected chi connectivity index (χ2v) is 6.44. The van der Waals surface area contributed by atoms with Crippen LogP contribution in [0.3, 0.4) is 0 Å². The van der Waals surface area contributed by atoms with E-state index < -0.39 is 17.5 Å². The van der Waals surface area contributed by atoms with Crippen molar-refractivity contribution in [2.24, 2.45) is 5.16 Å². The molecule has 2 aromatic heterocycles. The molecule has 0 aliphatic carbocycles. The van der Waals surface area contributed by atoms with E-state index in [9.17, 15) is 18.4 Å². The summed E-state index contributed by atoms with van der Waals surface area (Å²) in [7, 11) is 0. The second kappa shape index (κ2) is 8.30. The molecule has 4 aromatic rings. The van der Waals surface area contributed by atoms with Crippen LogP contribution in [-0.2, 0) is 22.8 Å². The molecular formula is C20H16F2N6O3. The van der Waals surface area contributed by atoms with Gasteiger partial charge in [0, 0.05) is 12.6 Å². The number of rotatable bonds is 6. The van der Waals surface area contributed by atoms with Gasteiger partial charge in [0.2, 0.25) is 5.78 Å². The molecule has 0 radical (unpaired) electrons. The molecule has 9 nitrogen and oxygen atoms in total. The summed E-state index contributed by atoms with van der Waals surface area (Å²) in [6, 6.07) is 9.80. The van der Waals surface area contributed by atoms with E-state index in [-0.39, 0.29) is 17.9 Å². The van der Waals surface area contributed by atoms with E-state index in [1.807, 2.05) is 6.92 Å². The van der Waals surface area contributed by atoms with E-state index >= 15 is 0 Å². The lowest BCUT2D eigenvalue weighted by Crippen LogP contribution is -2.22. The Bertz CT molecular complexity index is 1380. The summed E-state index contributed by atoms with van der Waals surface area (Å²) in [5.41, 5.74) is 0.253. The van der Waals surface area contributed by atoms with E-state index in [0.717, 1.165) is 18.3 Å². The smallest absolute Gasteiger partial charge is 0.270 e. The quantitative estimate of drug-likeness (QED) is 0.377. The number of carbonyl (C=O) groups excluding carboxylic acids is 1. The van der Waals surface area contributed by atoms with Gasteiger partial charge in [0.05, 0.1) is 16.6 Å². The van der Waals surface area contributed by atoms with Crippen molar-refractivity contribution in [2.75, 3.05) is 5.32 Å². The molecule has 1 amide bonds. The average molecular weight is 426 g/mol. The van der Waals surface area contributed by atoms with Crippen LogP contribution in [0.5, 0.6) is 0 Å². The zero-order chi connectivity index (χ0) is 22.0. The van der Waals surface area contributed by atoms with Crippen LogP contribution in [0.4, 0.5) is 14.5 Å². The summed E-state index contributed by atoms with van der Waals surface area (Å²) in [5.74, 6) is -1.70. The van der Waals surface area contributed by atoms with E-state index in [1.165, 1.54) is 4.57 Å². The molecule has 0 bridgehead atoms. The van der Waals surface area contributed by atoms with Crippen LogP contribution in [0.15, 0.2) is 52.4 Å². The fourth-order valence-corrected chi connectivity index (χ4v) is 3.13. The summed E-state index contributed by atoms with van der Waals surface area (Å²) in [5, 5.41) is 14.4. The molecule has 0 atom stereocenters. The van der Waals surface area contributed by atoms with Gasteiger partial charge in [0.15, 0.2) is 12.4 Å². The van der Waals surface area contributed by atoms with Crippen LogP contribution >= 0.6 is 0 Å². The van der Waals surface area contributed by atoms with Crippen molar-refractivity contribution in [3.8, 4) is 0 Å². The average Bonchev–Trinajstić information content (AvgIpc) is 3.17. The van der Waals surface area contributed by atoms with Gasteiger partial charge in [-0.3, -0.25) is 18.6 Å². The Hall–Kier alpha value is -4.15. The van der Waals surface area contributed by atoms with E-state index in [1.54, 1.807) is 28.7 Å². The van der Waals surface area contributed by atoms with E-state index in [0.29, 0.717) is 35.1 Å². The molecule has 4 rings (SSSR count). The minimum atomic E-state index is -0.911. The lowest BCUT2D eigenvalue weighted by Gasteiger charge is -2.09. The highest BCUT2D eigenvalue weighted by Crippen LogP contribution is 2.16. The number of benzene rings is 2. The largest absolute Gasteiger partial charge is 0.387 e. The number of fused-ring (bicyclic) bond motifs is 3. The van der Waals surface area contributed by atoms with Gasteiger partial charge in [-0.25, -0.2) is 8.78 Å². The number of halogens is 2. The number of hydrogen-bond donors (Lipinski definition) is 1. The molecule has 0 saturated carbocycles. The Kier molecular flexibility index (Phi) is 5.39. The molecule has 0 spiro atoms. The number of oxime groups is 1. The Morgan fingerprint density at radius 1 is 1.23 bits per heavy atom. The molecule has 31 heavy (non-hydrogen) atoms. The zero-order valence-electron chi connectivity index (χ0n) is 16.2. The van der Waals surface area contributed by atoms with Crippen LogP contribution < -0.4 is 10.9 Å². The lowest BCUT2D eigenvalue weighted by atomic mass is 10.2. The van der Waals surface area contributed by atoms with Crippen molar-refractivity contribution >= 4 is 34.5 Å². The maximum atomic E-state index is 13.6. The van der Waals surface area contributed by atoms with Crippen molar-refractivity contribution in [3.05, 3.63) is 70.3 Å². The third-order valence-electron chi connectivity index (χ3n) is 4.52. The first kappa shape index (κ1) is 20.1.